The molecule has 0 radical (unpaired) electrons. The van der Waals surface area contributed by atoms with Crippen LogP contribution in [-0.4, -0.2) is 48.2 Å². The van der Waals surface area contributed by atoms with Gasteiger partial charge in [0.2, 0.25) is 0 Å². The van der Waals surface area contributed by atoms with Crippen LogP contribution in [0.5, 0.6) is 5.75 Å². The fourth-order valence-electron chi connectivity index (χ4n) is 4.94. The topological polar surface area (TPSA) is 98.8 Å². The summed E-state index contributed by atoms with van der Waals surface area (Å²) in [5.74, 6) is -3.28. The van der Waals surface area contributed by atoms with Crippen molar-refractivity contribution in [2.24, 2.45) is 5.92 Å². The van der Waals surface area contributed by atoms with Crippen LogP contribution in [0.3, 0.4) is 0 Å². The summed E-state index contributed by atoms with van der Waals surface area (Å²) >= 11 is 5.90. The fraction of sp³-hybridized carbons (Fsp3) is 0.455. The molecule has 204 valence electrons. The Morgan fingerprint density at radius 1 is 1.05 bits per heavy atom. The lowest BCUT2D eigenvalue weighted by atomic mass is 9.72. The molecule has 0 bridgehead atoms. The Balaban J connectivity index is 1.63. The molecule has 1 saturated carbocycles. The molecule has 1 heterocycles. The van der Waals surface area contributed by atoms with Crippen molar-refractivity contribution in [1.29, 1.82) is 0 Å². The van der Waals surface area contributed by atoms with Gasteiger partial charge in [0.1, 0.15) is 10.6 Å². The van der Waals surface area contributed by atoms with Crippen LogP contribution in [0, 0.1) is 17.6 Å². The van der Waals surface area contributed by atoms with Gasteiger partial charge in [0, 0.05) is 17.5 Å². The Labute approximate surface area is 214 Å². The standard InChI is InChI=1S/C22H21ClF5NO6S2/c23-14-1-3-16(4-2-14)36(30,31)21-8-7-15(34-10-9-29-37(32,33)22(26,27)28)11-13(21)12-35-20-18(25)6-5-17(24)19(20)21/h1-6,13,15,29H,7-12H2. The third kappa shape index (κ3) is 4.93. The Bertz CT molecular complexity index is 1390. The molecular formula is C22H21ClF5NO6S2. The van der Waals surface area contributed by atoms with Gasteiger partial charge in [-0.1, -0.05) is 11.6 Å². The summed E-state index contributed by atoms with van der Waals surface area (Å²) in [7, 11) is -9.90. The van der Waals surface area contributed by atoms with Crippen LogP contribution < -0.4 is 9.46 Å². The SMILES string of the molecule is O=S(=O)(NCCOC1CCC2(S(=O)(=O)c3ccc(Cl)cc3)c3c(F)ccc(F)c3OCC2C1)C(F)(F)F. The molecule has 1 fully saturated rings. The molecule has 3 atom stereocenters. The van der Waals surface area contributed by atoms with E-state index in [9.17, 15) is 34.4 Å². The highest BCUT2D eigenvalue weighted by Crippen LogP contribution is 2.56. The molecule has 0 saturated heterocycles. The van der Waals surface area contributed by atoms with Crippen molar-refractivity contribution in [2.75, 3.05) is 19.8 Å². The minimum absolute atomic E-state index is 0.0186. The number of sulfonamides is 1. The minimum atomic E-state index is -5.54. The van der Waals surface area contributed by atoms with Crippen molar-refractivity contribution in [2.45, 2.75) is 40.5 Å². The summed E-state index contributed by atoms with van der Waals surface area (Å²) in [5.41, 5.74) is -5.89. The molecule has 37 heavy (non-hydrogen) atoms. The van der Waals surface area contributed by atoms with Crippen LogP contribution >= 0.6 is 11.6 Å². The van der Waals surface area contributed by atoms with E-state index < -0.39 is 78.2 Å². The minimum Gasteiger partial charge on any atom is -0.490 e. The van der Waals surface area contributed by atoms with Crippen LogP contribution in [0.1, 0.15) is 24.8 Å². The monoisotopic (exact) mass is 589 g/mol. The molecule has 2 aliphatic rings. The first kappa shape index (κ1) is 28.0. The van der Waals surface area contributed by atoms with Crippen LogP contribution in [0.15, 0.2) is 41.3 Å². The van der Waals surface area contributed by atoms with Crippen molar-refractivity contribution < 1.29 is 48.3 Å². The summed E-state index contributed by atoms with van der Waals surface area (Å²) in [6, 6.07) is 6.93. The molecule has 3 unspecified atom stereocenters. The first-order valence-electron chi connectivity index (χ1n) is 11.0. The van der Waals surface area contributed by atoms with Crippen molar-refractivity contribution in [3.05, 3.63) is 58.6 Å². The maximum absolute atomic E-state index is 15.2. The third-order valence-electron chi connectivity index (χ3n) is 6.61. The van der Waals surface area contributed by atoms with Gasteiger partial charge in [0.25, 0.3) is 0 Å². The van der Waals surface area contributed by atoms with E-state index in [0.29, 0.717) is 0 Å². The second-order valence-electron chi connectivity index (χ2n) is 8.70. The quantitative estimate of drug-likeness (QED) is 0.382. The van der Waals surface area contributed by atoms with Crippen LogP contribution in [-0.2, 0) is 29.3 Å². The van der Waals surface area contributed by atoms with Gasteiger partial charge in [0.15, 0.2) is 21.4 Å². The van der Waals surface area contributed by atoms with Gasteiger partial charge in [-0.15, -0.1) is 0 Å². The highest BCUT2D eigenvalue weighted by Gasteiger charge is 2.59. The van der Waals surface area contributed by atoms with E-state index in [0.717, 1.165) is 12.1 Å². The zero-order valence-corrected chi connectivity index (χ0v) is 21.3. The highest BCUT2D eigenvalue weighted by atomic mass is 35.5. The normalized spacial score (nSPS) is 24.2. The Hall–Kier alpha value is -2.00. The second-order valence-corrected chi connectivity index (χ2v) is 13.1. The van der Waals surface area contributed by atoms with Crippen molar-refractivity contribution in [1.82, 2.24) is 4.72 Å². The summed E-state index contributed by atoms with van der Waals surface area (Å²) in [4.78, 5) is -0.153. The maximum atomic E-state index is 15.2. The number of nitrogens with one attached hydrogen (secondary N) is 1. The number of hydrogen-bond donors (Lipinski definition) is 1. The number of fused-ring (bicyclic) bond motifs is 3. The lowest BCUT2D eigenvalue weighted by molar-refractivity contribution is -0.0453. The average Bonchev–Trinajstić information content (AvgIpc) is 2.83. The van der Waals surface area contributed by atoms with E-state index in [1.165, 1.54) is 29.0 Å². The number of alkyl halides is 3. The Morgan fingerprint density at radius 2 is 1.70 bits per heavy atom. The van der Waals surface area contributed by atoms with Crippen molar-refractivity contribution in [3.8, 4) is 5.75 Å². The van der Waals surface area contributed by atoms with Gasteiger partial charge in [-0.3, -0.25) is 0 Å². The van der Waals surface area contributed by atoms with Crippen LogP contribution in [0.2, 0.25) is 5.02 Å². The largest absolute Gasteiger partial charge is 0.511 e. The predicted molar refractivity (Wildman–Crippen MR) is 122 cm³/mol. The molecule has 2 aromatic rings. The van der Waals surface area contributed by atoms with Crippen LogP contribution in [0.4, 0.5) is 22.0 Å². The van der Waals surface area contributed by atoms with Gasteiger partial charge < -0.3 is 9.47 Å². The lowest BCUT2D eigenvalue weighted by Gasteiger charge is -2.48. The zero-order chi connectivity index (χ0) is 27.2. The van der Waals surface area contributed by atoms with Gasteiger partial charge >= 0.3 is 15.5 Å². The first-order chi connectivity index (χ1) is 17.2. The summed E-state index contributed by atoms with van der Waals surface area (Å²) < 4.78 is 128. The van der Waals surface area contributed by atoms with E-state index >= 15 is 4.39 Å². The molecule has 1 aliphatic heterocycles. The number of sulfone groups is 1. The van der Waals surface area contributed by atoms with Gasteiger partial charge in [0.05, 0.1) is 29.8 Å². The van der Waals surface area contributed by atoms with E-state index in [-0.39, 0.29) is 35.8 Å². The second kappa shape index (κ2) is 9.95. The first-order valence-corrected chi connectivity index (χ1v) is 14.3. The maximum Gasteiger partial charge on any atom is 0.511 e. The molecule has 15 heteroatoms. The summed E-state index contributed by atoms with van der Waals surface area (Å²) in [5, 5.41) is 0.274. The molecule has 2 aromatic carbocycles. The number of halogens is 6. The van der Waals surface area contributed by atoms with E-state index in [2.05, 4.69) is 0 Å². The molecule has 7 nitrogen and oxygen atoms in total. The molecule has 0 aromatic heterocycles. The lowest BCUT2D eigenvalue weighted by Crippen LogP contribution is -2.53. The van der Waals surface area contributed by atoms with Gasteiger partial charge in [-0.2, -0.15) is 13.2 Å². The molecular weight excluding hydrogens is 569 g/mol. The number of hydrogen-bond acceptors (Lipinski definition) is 6. The van der Waals surface area contributed by atoms with Crippen molar-refractivity contribution >= 4 is 31.5 Å². The van der Waals surface area contributed by atoms with E-state index in [1.54, 1.807) is 0 Å². The highest BCUT2D eigenvalue weighted by molar-refractivity contribution is 7.92. The van der Waals surface area contributed by atoms with E-state index in [4.69, 9.17) is 21.1 Å². The molecule has 0 amide bonds. The molecule has 1 aliphatic carbocycles. The molecule has 0 spiro atoms. The fourth-order valence-corrected chi connectivity index (χ4v) is 7.94. The Morgan fingerprint density at radius 3 is 2.35 bits per heavy atom. The van der Waals surface area contributed by atoms with E-state index in [1.807, 2.05) is 0 Å². The zero-order valence-electron chi connectivity index (χ0n) is 18.9. The average molecular weight is 590 g/mol. The van der Waals surface area contributed by atoms with Gasteiger partial charge in [-0.05, 0) is 55.7 Å². The third-order valence-corrected chi connectivity index (χ3v) is 10.7. The van der Waals surface area contributed by atoms with Crippen molar-refractivity contribution in [3.63, 3.8) is 0 Å². The Kier molecular flexibility index (Phi) is 7.54. The number of rotatable bonds is 7. The molecule has 1 N–H and O–H groups in total. The predicted octanol–water partition coefficient (Wildman–Crippen LogP) is 4.30. The number of ether oxygens (including phenoxy) is 2. The smallest absolute Gasteiger partial charge is 0.490 e. The van der Waals surface area contributed by atoms with Crippen LogP contribution in [0.25, 0.3) is 0 Å². The summed E-state index contributed by atoms with van der Waals surface area (Å²) in [6.07, 6.45) is -0.909. The molecule has 4 rings (SSSR count). The van der Waals surface area contributed by atoms with Gasteiger partial charge in [-0.25, -0.2) is 30.3 Å². The number of benzene rings is 2. The summed E-state index contributed by atoms with van der Waals surface area (Å²) in [6.45, 7) is -1.39.